The van der Waals surface area contributed by atoms with Crippen molar-refractivity contribution >= 4 is 59.8 Å². The van der Waals surface area contributed by atoms with Gasteiger partial charge in [0.05, 0.1) is 27.8 Å². The van der Waals surface area contributed by atoms with Gasteiger partial charge in [0.1, 0.15) is 0 Å². The van der Waals surface area contributed by atoms with Crippen molar-refractivity contribution in [3.8, 4) is 44.9 Å². The van der Waals surface area contributed by atoms with Crippen LogP contribution in [0.1, 0.15) is 0 Å². The quantitative estimate of drug-likeness (QED) is 0.137. The van der Waals surface area contributed by atoms with E-state index in [0.717, 1.165) is 38.6 Å². The summed E-state index contributed by atoms with van der Waals surface area (Å²) in [6.07, 6.45) is 0. The van der Waals surface area contributed by atoms with Crippen LogP contribution in [0.5, 0.6) is 0 Å². The average molecular weight is 674 g/mol. The summed E-state index contributed by atoms with van der Waals surface area (Å²) in [6, 6.07) is 67.4. The molecule has 3 aromatic heterocycles. The molecule has 8 aromatic carbocycles. The van der Waals surface area contributed by atoms with E-state index in [0.29, 0.717) is 5.82 Å². The lowest BCUT2D eigenvalue weighted by molar-refractivity contribution is 1.23. The summed E-state index contributed by atoms with van der Waals surface area (Å²) < 4.78 is 2.46. The zero-order valence-corrected chi connectivity index (χ0v) is 28.7. The van der Waals surface area contributed by atoms with Crippen molar-refractivity contribution in [1.29, 1.82) is 0 Å². The Morgan fingerprint density at radius 3 is 1.70 bits per heavy atom. The van der Waals surface area contributed by atoms with Crippen molar-refractivity contribution in [3.05, 3.63) is 188 Å². The first-order valence-electron chi connectivity index (χ1n) is 18.1. The minimum absolute atomic E-state index is 0.711. The van der Waals surface area contributed by atoms with Crippen molar-refractivity contribution < 1.29 is 0 Å². The molecule has 0 amide bonds. The SMILES string of the molecule is c1ccc(-c2ccc(-c3c4ccc(-c5nc(-c6ccccc6)c6cc7ccccc7cc6n5)cc4n4c5ccccc5c5ccccc5c34)cc2)cc1. The van der Waals surface area contributed by atoms with Crippen LogP contribution >= 0.6 is 0 Å². The molecule has 0 saturated carbocycles. The summed E-state index contributed by atoms with van der Waals surface area (Å²) in [6.45, 7) is 0. The molecule has 0 radical (unpaired) electrons. The van der Waals surface area contributed by atoms with E-state index in [1.807, 2.05) is 0 Å². The summed E-state index contributed by atoms with van der Waals surface area (Å²) in [4.78, 5) is 10.6. The van der Waals surface area contributed by atoms with Crippen LogP contribution in [0, 0.1) is 0 Å². The Morgan fingerprint density at radius 1 is 0.340 bits per heavy atom. The molecule has 0 fully saturated rings. The van der Waals surface area contributed by atoms with Crippen LogP contribution in [-0.2, 0) is 0 Å². The van der Waals surface area contributed by atoms with Crippen molar-refractivity contribution in [1.82, 2.24) is 14.4 Å². The molecule has 11 aromatic rings. The van der Waals surface area contributed by atoms with E-state index in [1.54, 1.807) is 0 Å². The Morgan fingerprint density at radius 2 is 0.925 bits per heavy atom. The third-order valence-corrected chi connectivity index (χ3v) is 10.7. The smallest absolute Gasteiger partial charge is 0.160 e. The number of pyridine rings is 1. The predicted molar refractivity (Wildman–Crippen MR) is 222 cm³/mol. The van der Waals surface area contributed by atoms with Gasteiger partial charge in [-0.2, -0.15) is 0 Å². The highest BCUT2D eigenvalue weighted by molar-refractivity contribution is 6.22. The maximum Gasteiger partial charge on any atom is 0.160 e. The normalized spacial score (nSPS) is 11.8. The van der Waals surface area contributed by atoms with Gasteiger partial charge < -0.3 is 4.40 Å². The lowest BCUT2D eigenvalue weighted by atomic mass is 9.96. The summed E-state index contributed by atoms with van der Waals surface area (Å²) in [5.74, 6) is 0.711. The van der Waals surface area contributed by atoms with Crippen molar-refractivity contribution in [2.75, 3.05) is 0 Å². The van der Waals surface area contributed by atoms with E-state index in [9.17, 15) is 0 Å². The molecule has 53 heavy (non-hydrogen) atoms. The molecule has 0 aliphatic rings. The molecule has 0 aliphatic heterocycles. The van der Waals surface area contributed by atoms with Crippen molar-refractivity contribution in [2.45, 2.75) is 0 Å². The van der Waals surface area contributed by atoms with Crippen LogP contribution in [0.2, 0.25) is 0 Å². The summed E-state index contributed by atoms with van der Waals surface area (Å²) in [5, 5.41) is 8.29. The Bertz CT molecular complexity index is 3200. The highest BCUT2D eigenvalue weighted by Gasteiger charge is 2.21. The van der Waals surface area contributed by atoms with Crippen molar-refractivity contribution in [2.24, 2.45) is 0 Å². The van der Waals surface area contributed by atoms with Gasteiger partial charge in [-0.05, 0) is 57.1 Å². The molecule has 3 nitrogen and oxygen atoms in total. The topological polar surface area (TPSA) is 30.2 Å². The first kappa shape index (κ1) is 29.6. The Balaban J connectivity index is 1.21. The zero-order chi connectivity index (χ0) is 34.9. The fraction of sp³-hybridized carbons (Fsp3) is 0. The number of fused-ring (bicyclic) bond motifs is 10. The predicted octanol–water partition coefficient (Wildman–Crippen LogP) is 13.2. The van der Waals surface area contributed by atoms with Gasteiger partial charge >= 0.3 is 0 Å². The van der Waals surface area contributed by atoms with Gasteiger partial charge in [-0.3, -0.25) is 0 Å². The van der Waals surface area contributed by atoms with Gasteiger partial charge in [0.2, 0.25) is 0 Å². The van der Waals surface area contributed by atoms with Gasteiger partial charge in [-0.25, -0.2) is 9.97 Å². The van der Waals surface area contributed by atoms with E-state index in [1.165, 1.54) is 60.2 Å². The molecule has 0 atom stereocenters. The standard InChI is InChI=1S/C50H31N3/c1-3-13-32(14-4-1)33-23-25-34(26-24-33)47-42-28-27-38(31-46(42)53-45-22-12-11-20-40(45)39-19-9-10-21-41(39)49(47)53)50-51-44-30-37-18-8-7-17-36(37)29-43(44)48(52-50)35-15-5-2-6-16-35/h1-31H. The van der Waals surface area contributed by atoms with Crippen LogP contribution in [0.3, 0.4) is 0 Å². The number of hydrogen-bond donors (Lipinski definition) is 0. The minimum atomic E-state index is 0.711. The Hall–Kier alpha value is -7.10. The lowest BCUT2D eigenvalue weighted by Gasteiger charge is -2.12. The molecule has 0 N–H and O–H groups in total. The zero-order valence-electron chi connectivity index (χ0n) is 28.7. The van der Waals surface area contributed by atoms with E-state index >= 15 is 0 Å². The number of benzene rings is 8. The first-order chi connectivity index (χ1) is 26.3. The van der Waals surface area contributed by atoms with Crippen LogP contribution in [0.25, 0.3) is 105 Å². The highest BCUT2D eigenvalue weighted by atomic mass is 14.9. The van der Waals surface area contributed by atoms with Gasteiger partial charge in [0.15, 0.2) is 5.82 Å². The molecule has 0 aliphatic carbocycles. The molecular formula is C50H31N3. The third kappa shape index (κ3) is 4.68. The summed E-state index contributed by atoms with van der Waals surface area (Å²) in [5.41, 5.74) is 12.3. The van der Waals surface area contributed by atoms with E-state index in [4.69, 9.17) is 9.97 Å². The third-order valence-electron chi connectivity index (χ3n) is 10.7. The average Bonchev–Trinajstić information content (AvgIpc) is 3.58. The second-order valence-corrected chi connectivity index (χ2v) is 13.8. The fourth-order valence-corrected chi connectivity index (χ4v) is 8.27. The second kappa shape index (κ2) is 11.7. The molecule has 0 spiro atoms. The van der Waals surface area contributed by atoms with Crippen LogP contribution in [0.15, 0.2) is 188 Å². The van der Waals surface area contributed by atoms with E-state index in [2.05, 4.69) is 192 Å². The first-order valence-corrected chi connectivity index (χ1v) is 18.1. The monoisotopic (exact) mass is 673 g/mol. The molecular weight excluding hydrogens is 643 g/mol. The van der Waals surface area contributed by atoms with Crippen molar-refractivity contribution in [3.63, 3.8) is 0 Å². The number of hydrogen-bond acceptors (Lipinski definition) is 2. The van der Waals surface area contributed by atoms with Gasteiger partial charge in [0.25, 0.3) is 0 Å². The van der Waals surface area contributed by atoms with Crippen LogP contribution in [0.4, 0.5) is 0 Å². The largest absolute Gasteiger partial charge is 0.308 e. The number of rotatable bonds is 4. The summed E-state index contributed by atoms with van der Waals surface area (Å²) in [7, 11) is 0. The number of para-hydroxylation sites is 1. The lowest BCUT2D eigenvalue weighted by Crippen LogP contribution is -1.96. The Labute approximate surface area is 306 Å². The number of aromatic nitrogens is 3. The maximum absolute atomic E-state index is 5.33. The number of nitrogens with zero attached hydrogens (tertiary/aromatic N) is 3. The van der Waals surface area contributed by atoms with Crippen LogP contribution < -0.4 is 0 Å². The van der Waals surface area contributed by atoms with E-state index in [-0.39, 0.29) is 0 Å². The molecule has 0 unspecified atom stereocenters. The fourth-order valence-electron chi connectivity index (χ4n) is 8.27. The van der Waals surface area contributed by atoms with E-state index < -0.39 is 0 Å². The molecule has 3 heterocycles. The summed E-state index contributed by atoms with van der Waals surface area (Å²) >= 11 is 0. The Kier molecular flexibility index (Phi) is 6.55. The van der Waals surface area contributed by atoms with Gasteiger partial charge in [-0.1, -0.05) is 164 Å². The highest BCUT2D eigenvalue weighted by Crippen LogP contribution is 2.44. The minimum Gasteiger partial charge on any atom is -0.308 e. The van der Waals surface area contributed by atoms with Crippen LogP contribution in [-0.4, -0.2) is 14.4 Å². The maximum atomic E-state index is 5.33. The van der Waals surface area contributed by atoms with Gasteiger partial charge in [-0.15, -0.1) is 0 Å². The second-order valence-electron chi connectivity index (χ2n) is 13.8. The molecule has 3 heteroatoms. The molecule has 0 bridgehead atoms. The van der Waals surface area contributed by atoms with Gasteiger partial charge in [0, 0.05) is 38.2 Å². The molecule has 0 saturated heterocycles. The molecule has 246 valence electrons. The molecule has 11 rings (SSSR count).